The fourth-order valence-electron chi connectivity index (χ4n) is 3.05. The average molecular weight is 421 g/mol. The Kier molecular flexibility index (Phi) is 5.72. The minimum absolute atomic E-state index is 0.0777. The van der Waals surface area contributed by atoms with Crippen LogP contribution in [0, 0.1) is 0 Å². The average Bonchev–Trinajstić information content (AvgIpc) is 3.16. The van der Waals surface area contributed by atoms with E-state index in [2.05, 4.69) is 24.1 Å². The van der Waals surface area contributed by atoms with E-state index in [1.807, 2.05) is 36.4 Å². The lowest BCUT2D eigenvalue weighted by molar-refractivity contribution is -0.118. The molecule has 152 valence electrons. The summed E-state index contributed by atoms with van der Waals surface area (Å²) in [4.78, 5) is 16.8. The Hall–Kier alpha value is -3.31. The second kappa shape index (κ2) is 8.59. The first-order valence-electron chi connectivity index (χ1n) is 9.67. The molecule has 0 atom stereocenters. The molecule has 30 heavy (non-hydrogen) atoms. The van der Waals surface area contributed by atoms with Crippen LogP contribution in [0.1, 0.15) is 25.3 Å². The van der Waals surface area contributed by atoms with Crippen molar-refractivity contribution in [3.8, 4) is 17.2 Å². The Morgan fingerprint density at radius 1 is 1.10 bits per heavy atom. The zero-order valence-corrected chi connectivity index (χ0v) is 17.4. The maximum absolute atomic E-state index is 12.3. The van der Waals surface area contributed by atoms with Crippen molar-refractivity contribution in [3.05, 3.63) is 77.3 Å². The van der Waals surface area contributed by atoms with Gasteiger partial charge in [-0.05, 0) is 60.0 Å². The fourth-order valence-corrected chi connectivity index (χ4v) is 3.24. The van der Waals surface area contributed by atoms with Crippen LogP contribution in [0.15, 0.2) is 71.1 Å². The van der Waals surface area contributed by atoms with Gasteiger partial charge in [-0.2, -0.15) is 0 Å². The van der Waals surface area contributed by atoms with E-state index in [1.165, 1.54) is 5.56 Å². The number of oxazole rings is 1. The van der Waals surface area contributed by atoms with Crippen molar-refractivity contribution in [2.24, 2.45) is 0 Å². The molecule has 0 saturated heterocycles. The standard InChI is InChI=1S/C24H21ClN2O3/c1-15(2)16-6-9-20(10-7-16)29-14-23(28)26-19-8-11-22-21(13-19)27-24(30-22)17-4-3-5-18(25)12-17/h3-13,15H,14H2,1-2H3,(H,26,28). The number of halogens is 1. The van der Waals surface area contributed by atoms with E-state index in [9.17, 15) is 4.79 Å². The molecule has 1 amide bonds. The first kappa shape index (κ1) is 20.0. The third-order valence-electron chi connectivity index (χ3n) is 4.66. The molecule has 0 bridgehead atoms. The molecule has 4 aromatic rings. The normalized spacial score (nSPS) is 11.1. The van der Waals surface area contributed by atoms with Crippen LogP contribution in [0.3, 0.4) is 0 Å². The van der Waals surface area contributed by atoms with Crippen molar-refractivity contribution in [3.63, 3.8) is 0 Å². The van der Waals surface area contributed by atoms with Crippen LogP contribution in [0.4, 0.5) is 5.69 Å². The smallest absolute Gasteiger partial charge is 0.262 e. The number of anilines is 1. The van der Waals surface area contributed by atoms with E-state index < -0.39 is 0 Å². The van der Waals surface area contributed by atoms with Gasteiger partial charge >= 0.3 is 0 Å². The zero-order chi connectivity index (χ0) is 21.1. The van der Waals surface area contributed by atoms with E-state index in [-0.39, 0.29) is 12.5 Å². The van der Waals surface area contributed by atoms with Crippen LogP contribution in [-0.4, -0.2) is 17.5 Å². The van der Waals surface area contributed by atoms with Gasteiger partial charge in [-0.15, -0.1) is 0 Å². The van der Waals surface area contributed by atoms with Gasteiger partial charge in [-0.1, -0.05) is 43.6 Å². The van der Waals surface area contributed by atoms with Gasteiger partial charge in [-0.25, -0.2) is 4.98 Å². The Labute approximate surface area is 179 Å². The Morgan fingerprint density at radius 2 is 1.90 bits per heavy atom. The molecule has 1 heterocycles. The van der Waals surface area contributed by atoms with Crippen LogP contribution in [0.2, 0.25) is 5.02 Å². The number of hydrogen-bond donors (Lipinski definition) is 1. The maximum Gasteiger partial charge on any atom is 0.262 e. The van der Waals surface area contributed by atoms with Crippen molar-refractivity contribution in [1.82, 2.24) is 4.98 Å². The quantitative estimate of drug-likeness (QED) is 0.398. The molecule has 0 aliphatic rings. The lowest BCUT2D eigenvalue weighted by atomic mass is 10.0. The predicted molar refractivity (Wildman–Crippen MR) is 119 cm³/mol. The highest BCUT2D eigenvalue weighted by atomic mass is 35.5. The van der Waals surface area contributed by atoms with Gasteiger partial charge in [0, 0.05) is 16.3 Å². The highest BCUT2D eigenvalue weighted by Gasteiger charge is 2.11. The Balaban J connectivity index is 1.41. The molecule has 0 aliphatic heterocycles. The highest BCUT2D eigenvalue weighted by molar-refractivity contribution is 6.30. The topological polar surface area (TPSA) is 64.4 Å². The second-order valence-corrected chi connectivity index (χ2v) is 7.71. The van der Waals surface area contributed by atoms with E-state index in [0.717, 1.165) is 5.56 Å². The number of carbonyl (C=O) groups excluding carboxylic acids is 1. The summed E-state index contributed by atoms with van der Waals surface area (Å²) in [6, 6.07) is 20.4. The number of nitrogens with zero attached hydrogens (tertiary/aromatic N) is 1. The number of amides is 1. The number of aromatic nitrogens is 1. The number of fused-ring (bicyclic) bond motifs is 1. The molecule has 3 aromatic carbocycles. The first-order chi connectivity index (χ1) is 14.5. The summed E-state index contributed by atoms with van der Waals surface area (Å²) in [6.45, 7) is 4.19. The summed E-state index contributed by atoms with van der Waals surface area (Å²) in [5.41, 5.74) is 3.92. The fraction of sp³-hybridized carbons (Fsp3) is 0.167. The second-order valence-electron chi connectivity index (χ2n) is 7.27. The van der Waals surface area contributed by atoms with Gasteiger partial charge in [0.2, 0.25) is 5.89 Å². The molecule has 4 rings (SSSR count). The number of nitrogens with one attached hydrogen (secondary N) is 1. The molecular formula is C24H21ClN2O3. The van der Waals surface area contributed by atoms with Crippen LogP contribution < -0.4 is 10.1 Å². The van der Waals surface area contributed by atoms with Crippen LogP contribution in [0.25, 0.3) is 22.6 Å². The van der Waals surface area contributed by atoms with Gasteiger partial charge in [0.25, 0.3) is 5.91 Å². The Morgan fingerprint density at radius 3 is 2.63 bits per heavy atom. The molecule has 0 fully saturated rings. The molecule has 1 aromatic heterocycles. The van der Waals surface area contributed by atoms with Crippen molar-refractivity contribution in [2.45, 2.75) is 19.8 Å². The maximum atomic E-state index is 12.3. The minimum Gasteiger partial charge on any atom is -0.484 e. The molecule has 0 radical (unpaired) electrons. The number of hydrogen-bond acceptors (Lipinski definition) is 4. The largest absolute Gasteiger partial charge is 0.484 e. The first-order valence-corrected chi connectivity index (χ1v) is 10.0. The summed E-state index contributed by atoms with van der Waals surface area (Å²) in [5, 5.41) is 3.44. The van der Waals surface area contributed by atoms with Crippen molar-refractivity contribution in [1.29, 1.82) is 0 Å². The SMILES string of the molecule is CC(C)c1ccc(OCC(=O)Nc2ccc3oc(-c4cccc(Cl)c4)nc3c2)cc1. The molecule has 0 saturated carbocycles. The predicted octanol–water partition coefficient (Wildman–Crippen LogP) is 6.29. The summed E-state index contributed by atoms with van der Waals surface area (Å²) in [5.74, 6) is 1.34. The number of benzene rings is 3. The van der Waals surface area contributed by atoms with Crippen molar-refractivity contribution >= 4 is 34.3 Å². The van der Waals surface area contributed by atoms with E-state index in [4.69, 9.17) is 20.8 Å². The lowest BCUT2D eigenvalue weighted by Gasteiger charge is -2.09. The Bertz CT molecular complexity index is 1180. The van der Waals surface area contributed by atoms with E-state index in [1.54, 1.807) is 30.3 Å². The van der Waals surface area contributed by atoms with Crippen LogP contribution in [0.5, 0.6) is 5.75 Å². The third-order valence-corrected chi connectivity index (χ3v) is 4.89. The van der Waals surface area contributed by atoms with Gasteiger partial charge in [0.05, 0.1) is 0 Å². The van der Waals surface area contributed by atoms with Gasteiger partial charge in [0.1, 0.15) is 11.3 Å². The van der Waals surface area contributed by atoms with Crippen LogP contribution >= 0.6 is 11.6 Å². The monoisotopic (exact) mass is 420 g/mol. The number of rotatable bonds is 6. The summed E-state index contributed by atoms with van der Waals surface area (Å²) in [7, 11) is 0. The minimum atomic E-state index is -0.249. The lowest BCUT2D eigenvalue weighted by Crippen LogP contribution is -2.20. The molecule has 0 spiro atoms. The van der Waals surface area contributed by atoms with Crippen LogP contribution in [-0.2, 0) is 4.79 Å². The molecule has 0 aliphatic carbocycles. The summed E-state index contributed by atoms with van der Waals surface area (Å²) in [6.07, 6.45) is 0. The van der Waals surface area contributed by atoms with E-state index in [0.29, 0.717) is 39.4 Å². The third kappa shape index (κ3) is 4.63. The molecule has 0 unspecified atom stereocenters. The molecule has 1 N–H and O–H groups in total. The zero-order valence-electron chi connectivity index (χ0n) is 16.7. The van der Waals surface area contributed by atoms with Gasteiger partial charge in [0.15, 0.2) is 12.2 Å². The molecule has 6 heteroatoms. The summed E-state index contributed by atoms with van der Waals surface area (Å²) < 4.78 is 11.4. The van der Waals surface area contributed by atoms with Crippen molar-refractivity contribution < 1.29 is 13.9 Å². The number of ether oxygens (including phenoxy) is 1. The van der Waals surface area contributed by atoms with Crippen molar-refractivity contribution in [2.75, 3.05) is 11.9 Å². The summed E-state index contributed by atoms with van der Waals surface area (Å²) >= 11 is 6.04. The van der Waals surface area contributed by atoms with Gasteiger partial charge < -0.3 is 14.5 Å². The highest BCUT2D eigenvalue weighted by Crippen LogP contribution is 2.27. The molecule has 5 nitrogen and oxygen atoms in total. The number of carbonyl (C=O) groups is 1. The molecular weight excluding hydrogens is 400 g/mol. The van der Waals surface area contributed by atoms with E-state index >= 15 is 0 Å². The van der Waals surface area contributed by atoms with Gasteiger partial charge in [-0.3, -0.25) is 4.79 Å².